The third-order valence-electron chi connectivity index (χ3n) is 2.02. The van der Waals surface area contributed by atoms with Gasteiger partial charge in [-0.1, -0.05) is 12.1 Å². The third-order valence-corrected chi connectivity index (χ3v) is 2.02. The Kier molecular flexibility index (Phi) is 4.92. The molecule has 0 aliphatic carbocycles. The minimum Gasteiger partial charge on any atom is -0.429 e. The van der Waals surface area contributed by atoms with Gasteiger partial charge in [0.25, 0.3) is 0 Å². The summed E-state index contributed by atoms with van der Waals surface area (Å²) in [5.41, 5.74) is 0.959. The number of carbonyl (C=O) groups excluding carboxylic acids is 2. The molecular weight excluding hydrogens is 246 g/mol. The summed E-state index contributed by atoms with van der Waals surface area (Å²) >= 11 is 0. The number of rotatable bonds is 3. The second kappa shape index (κ2) is 6.22. The van der Waals surface area contributed by atoms with Crippen LogP contribution in [-0.4, -0.2) is 17.7 Å². The Morgan fingerprint density at radius 1 is 1.16 bits per heavy atom. The third kappa shape index (κ3) is 6.45. The first-order valence-electron chi connectivity index (χ1n) is 5.98. The number of nitrogens with one attached hydrogen (secondary N) is 1. The molecule has 1 amide bonds. The van der Waals surface area contributed by atoms with E-state index < -0.39 is 11.8 Å². The number of amides is 1. The van der Waals surface area contributed by atoms with Gasteiger partial charge in [-0.2, -0.15) is 0 Å². The van der Waals surface area contributed by atoms with Crippen LogP contribution in [0.1, 0.15) is 33.3 Å². The van der Waals surface area contributed by atoms with Crippen molar-refractivity contribution in [3.05, 3.63) is 29.8 Å². The molecule has 0 unspecified atom stereocenters. The van der Waals surface area contributed by atoms with Crippen LogP contribution in [0.3, 0.4) is 0 Å². The molecule has 0 atom stereocenters. The van der Waals surface area contributed by atoms with E-state index in [0.717, 1.165) is 5.56 Å². The quantitative estimate of drug-likeness (QED) is 0.853. The molecule has 1 aromatic carbocycles. The van der Waals surface area contributed by atoms with Crippen LogP contribution in [0.4, 0.5) is 10.5 Å². The van der Waals surface area contributed by atoms with Crippen molar-refractivity contribution in [1.82, 2.24) is 0 Å². The van der Waals surface area contributed by atoms with Crippen LogP contribution in [-0.2, 0) is 20.9 Å². The van der Waals surface area contributed by atoms with Crippen molar-refractivity contribution in [2.75, 3.05) is 5.32 Å². The minimum absolute atomic E-state index is 0.127. The van der Waals surface area contributed by atoms with Crippen molar-refractivity contribution in [3.8, 4) is 0 Å². The van der Waals surface area contributed by atoms with E-state index in [1.807, 2.05) is 0 Å². The van der Waals surface area contributed by atoms with Crippen molar-refractivity contribution >= 4 is 17.7 Å². The summed E-state index contributed by atoms with van der Waals surface area (Å²) in [4.78, 5) is 22.2. The molecule has 0 aliphatic rings. The largest absolute Gasteiger partial charge is 0.509 e. The van der Waals surface area contributed by atoms with Gasteiger partial charge in [0.1, 0.15) is 12.2 Å². The molecule has 1 rings (SSSR count). The normalized spacial score (nSPS) is 10.7. The first-order valence-corrected chi connectivity index (χ1v) is 5.98. The average molecular weight is 265 g/mol. The van der Waals surface area contributed by atoms with Crippen molar-refractivity contribution in [2.24, 2.45) is 0 Å². The molecule has 19 heavy (non-hydrogen) atoms. The van der Waals surface area contributed by atoms with Crippen LogP contribution in [0.15, 0.2) is 24.3 Å². The Labute approximate surface area is 112 Å². The van der Waals surface area contributed by atoms with Crippen LogP contribution in [0.25, 0.3) is 0 Å². The van der Waals surface area contributed by atoms with Crippen molar-refractivity contribution in [1.29, 1.82) is 0 Å². The van der Waals surface area contributed by atoms with Gasteiger partial charge in [0, 0.05) is 12.6 Å². The lowest BCUT2D eigenvalue weighted by atomic mass is 10.2. The highest BCUT2D eigenvalue weighted by Gasteiger charge is 2.17. The maximum Gasteiger partial charge on any atom is 0.509 e. The lowest BCUT2D eigenvalue weighted by molar-refractivity contribution is -0.114. The van der Waals surface area contributed by atoms with Gasteiger partial charge in [0.15, 0.2) is 0 Å². The molecule has 1 aromatic rings. The number of hydrogen-bond acceptors (Lipinski definition) is 4. The molecule has 0 aliphatic heterocycles. The number of anilines is 1. The van der Waals surface area contributed by atoms with E-state index in [2.05, 4.69) is 5.32 Å². The first-order chi connectivity index (χ1) is 8.76. The van der Waals surface area contributed by atoms with Gasteiger partial charge >= 0.3 is 6.16 Å². The van der Waals surface area contributed by atoms with E-state index in [9.17, 15) is 9.59 Å². The highest BCUT2D eigenvalue weighted by atomic mass is 16.7. The number of benzene rings is 1. The number of carbonyl (C=O) groups is 2. The van der Waals surface area contributed by atoms with Gasteiger partial charge in [-0.25, -0.2) is 4.79 Å². The molecule has 0 radical (unpaired) electrons. The van der Waals surface area contributed by atoms with Gasteiger partial charge in [0.2, 0.25) is 5.91 Å². The van der Waals surface area contributed by atoms with E-state index in [0.29, 0.717) is 5.69 Å². The average Bonchev–Trinajstić information content (AvgIpc) is 2.25. The molecule has 0 aromatic heterocycles. The fourth-order valence-corrected chi connectivity index (χ4v) is 1.31. The van der Waals surface area contributed by atoms with Crippen LogP contribution in [0.5, 0.6) is 0 Å². The van der Waals surface area contributed by atoms with E-state index >= 15 is 0 Å². The zero-order valence-electron chi connectivity index (χ0n) is 11.6. The molecule has 0 saturated carbocycles. The summed E-state index contributed by atoms with van der Waals surface area (Å²) in [6, 6.07) is 7.04. The summed E-state index contributed by atoms with van der Waals surface area (Å²) in [5, 5.41) is 2.66. The van der Waals surface area contributed by atoms with Crippen molar-refractivity contribution in [2.45, 2.75) is 39.9 Å². The van der Waals surface area contributed by atoms with Crippen molar-refractivity contribution < 1.29 is 19.1 Å². The summed E-state index contributed by atoms with van der Waals surface area (Å²) < 4.78 is 9.99. The molecule has 0 heterocycles. The lowest BCUT2D eigenvalue weighted by Gasteiger charge is -2.18. The van der Waals surface area contributed by atoms with Gasteiger partial charge in [0.05, 0.1) is 0 Å². The van der Waals surface area contributed by atoms with Gasteiger partial charge in [-0.3, -0.25) is 4.79 Å². The van der Waals surface area contributed by atoms with E-state index in [-0.39, 0.29) is 12.5 Å². The van der Waals surface area contributed by atoms with Crippen LogP contribution < -0.4 is 5.32 Å². The molecule has 5 nitrogen and oxygen atoms in total. The monoisotopic (exact) mass is 265 g/mol. The second-order valence-corrected chi connectivity index (χ2v) is 5.13. The topological polar surface area (TPSA) is 64.6 Å². The van der Waals surface area contributed by atoms with Gasteiger partial charge in [-0.05, 0) is 38.5 Å². The Hall–Kier alpha value is -2.04. The molecule has 5 heteroatoms. The molecule has 0 bridgehead atoms. The Balaban J connectivity index is 2.46. The first kappa shape index (κ1) is 15.0. The predicted octanol–water partition coefficient (Wildman–Crippen LogP) is 3.10. The standard InChI is InChI=1S/C14H19NO4/c1-10(16)15-12-7-5-11(6-8-12)9-18-13(17)19-14(2,3)4/h5-8H,9H2,1-4H3,(H,15,16). The molecular formula is C14H19NO4. The molecule has 1 N–H and O–H groups in total. The molecule has 0 saturated heterocycles. The Morgan fingerprint density at radius 2 is 1.74 bits per heavy atom. The lowest BCUT2D eigenvalue weighted by Crippen LogP contribution is -2.24. The molecule has 0 fully saturated rings. The van der Waals surface area contributed by atoms with E-state index in [1.54, 1.807) is 45.0 Å². The highest BCUT2D eigenvalue weighted by molar-refractivity contribution is 5.88. The number of hydrogen-bond donors (Lipinski definition) is 1. The highest BCUT2D eigenvalue weighted by Crippen LogP contribution is 2.12. The Morgan fingerprint density at radius 3 is 2.21 bits per heavy atom. The summed E-state index contributed by atoms with van der Waals surface area (Å²) in [6.07, 6.45) is -0.696. The van der Waals surface area contributed by atoms with Gasteiger partial charge < -0.3 is 14.8 Å². The SMILES string of the molecule is CC(=O)Nc1ccc(COC(=O)OC(C)(C)C)cc1. The fourth-order valence-electron chi connectivity index (χ4n) is 1.31. The maximum atomic E-state index is 11.3. The summed E-state index contributed by atoms with van der Waals surface area (Å²) in [6.45, 7) is 6.90. The van der Waals surface area contributed by atoms with Crippen molar-refractivity contribution in [3.63, 3.8) is 0 Å². The van der Waals surface area contributed by atoms with Crippen LogP contribution >= 0.6 is 0 Å². The number of ether oxygens (including phenoxy) is 2. The molecule has 104 valence electrons. The smallest absolute Gasteiger partial charge is 0.429 e. The molecule has 0 spiro atoms. The second-order valence-electron chi connectivity index (χ2n) is 5.13. The summed E-state index contributed by atoms with van der Waals surface area (Å²) in [7, 11) is 0. The minimum atomic E-state index is -0.696. The van der Waals surface area contributed by atoms with E-state index in [4.69, 9.17) is 9.47 Å². The Bertz CT molecular complexity index is 446. The van der Waals surface area contributed by atoms with Gasteiger partial charge in [-0.15, -0.1) is 0 Å². The van der Waals surface area contributed by atoms with Crippen LogP contribution in [0.2, 0.25) is 0 Å². The predicted molar refractivity (Wildman–Crippen MR) is 71.8 cm³/mol. The van der Waals surface area contributed by atoms with E-state index in [1.165, 1.54) is 6.92 Å². The maximum absolute atomic E-state index is 11.3. The summed E-state index contributed by atoms with van der Waals surface area (Å²) in [5.74, 6) is -0.127. The van der Waals surface area contributed by atoms with Crippen LogP contribution in [0, 0.1) is 0 Å². The fraction of sp³-hybridized carbons (Fsp3) is 0.429. The zero-order chi connectivity index (χ0) is 14.5. The zero-order valence-corrected chi connectivity index (χ0v) is 11.6.